The van der Waals surface area contributed by atoms with Gasteiger partial charge in [0.1, 0.15) is 5.75 Å². The van der Waals surface area contributed by atoms with Crippen LogP contribution in [0.1, 0.15) is 76.5 Å². The van der Waals surface area contributed by atoms with Gasteiger partial charge in [0.05, 0.1) is 6.61 Å². The molecule has 30 heavy (non-hydrogen) atoms. The number of ether oxygens (including phenoxy) is 2. The van der Waals surface area contributed by atoms with E-state index < -0.39 is 6.16 Å². The predicted molar refractivity (Wildman–Crippen MR) is 119 cm³/mol. The number of hydrogen-bond donors (Lipinski definition) is 0. The van der Waals surface area contributed by atoms with Gasteiger partial charge in [-0.1, -0.05) is 51.9 Å². The van der Waals surface area contributed by atoms with Gasteiger partial charge in [-0.05, 0) is 61.9 Å². The van der Waals surface area contributed by atoms with Crippen LogP contribution in [0.3, 0.4) is 0 Å². The third-order valence-corrected chi connectivity index (χ3v) is 5.79. The summed E-state index contributed by atoms with van der Waals surface area (Å²) in [7, 11) is 0. The fourth-order valence-corrected chi connectivity index (χ4v) is 4.10. The average molecular weight is 411 g/mol. The summed E-state index contributed by atoms with van der Waals surface area (Å²) in [5, 5.41) is 0. The average Bonchev–Trinajstić information content (AvgIpc) is 2.76. The minimum atomic E-state index is -0.689. The van der Waals surface area contributed by atoms with Crippen LogP contribution in [0.5, 0.6) is 5.75 Å². The third-order valence-electron chi connectivity index (χ3n) is 5.79. The number of rotatable bonds is 10. The SMILES string of the molecule is CCCCCCCCC1CCc2nc(-c3ccc(OC(=O)OCC)cc3)ncc2C1. The number of carbonyl (C=O) groups excluding carboxylic acids is 1. The van der Waals surface area contributed by atoms with Gasteiger partial charge in [0.25, 0.3) is 0 Å². The van der Waals surface area contributed by atoms with Crippen LogP contribution in [0.4, 0.5) is 4.79 Å². The van der Waals surface area contributed by atoms with Crippen molar-refractivity contribution in [2.75, 3.05) is 6.61 Å². The van der Waals surface area contributed by atoms with Crippen molar-refractivity contribution in [3.05, 3.63) is 41.7 Å². The maximum atomic E-state index is 11.4. The molecule has 162 valence electrons. The van der Waals surface area contributed by atoms with Crippen molar-refractivity contribution in [3.63, 3.8) is 0 Å². The molecule has 1 unspecified atom stereocenters. The minimum Gasteiger partial charge on any atom is -0.434 e. The number of unbranched alkanes of at least 4 members (excludes halogenated alkanes) is 5. The summed E-state index contributed by atoms with van der Waals surface area (Å²) in [6, 6.07) is 7.23. The molecular formula is C25H34N2O3. The van der Waals surface area contributed by atoms with Crippen molar-refractivity contribution in [2.24, 2.45) is 5.92 Å². The summed E-state index contributed by atoms with van der Waals surface area (Å²) in [6.07, 6.45) is 14.2. The predicted octanol–water partition coefficient (Wildman–Crippen LogP) is 6.53. The Hall–Kier alpha value is -2.43. The number of fused-ring (bicyclic) bond motifs is 1. The van der Waals surface area contributed by atoms with E-state index in [1.165, 1.54) is 62.6 Å². The summed E-state index contributed by atoms with van der Waals surface area (Å²) < 4.78 is 9.90. The van der Waals surface area contributed by atoms with E-state index in [2.05, 4.69) is 11.9 Å². The van der Waals surface area contributed by atoms with Crippen molar-refractivity contribution in [1.82, 2.24) is 9.97 Å². The summed E-state index contributed by atoms with van der Waals surface area (Å²) in [5.41, 5.74) is 3.41. The first-order valence-electron chi connectivity index (χ1n) is 11.5. The Morgan fingerprint density at radius 1 is 1.07 bits per heavy atom. The van der Waals surface area contributed by atoms with Crippen molar-refractivity contribution in [3.8, 4) is 17.1 Å². The monoisotopic (exact) mass is 410 g/mol. The second kappa shape index (κ2) is 11.7. The van der Waals surface area contributed by atoms with E-state index in [1.54, 1.807) is 19.1 Å². The fraction of sp³-hybridized carbons (Fsp3) is 0.560. The highest BCUT2D eigenvalue weighted by atomic mass is 16.7. The summed E-state index contributed by atoms with van der Waals surface area (Å²) in [6.45, 7) is 4.30. The molecule has 1 aliphatic rings. The summed E-state index contributed by atoms with van der Waals surface area (Å²) in [4.78, 5) is 20.8. The summed E-state index contributed by atoms with van der Waals surface area (Å²) >= 11 is 0. The van der Waals surface area contributed by atoms with Crippen molar-refractivity contribution in [2.45, 2.75) is 78.1 Å². The Bertz CT molecular complexity index is 805. The molecule has 3 rings (SSSR count). The molecule has 1 aromatic heterocycles. The smallest absolute Gasteiger partial charge is 0.434 e. The highest BCUT2D eigenvalue weighted by Gasteiger charge is 2.20. The van der Waals surface area contributed by atoms with Crippen molar-refractivity contribution in [1.29, 1.82) is 0 Å². The molecule has 1 aromatic carbocycles. The third kappa shape index (κ3) is 6.54. The minimum absolute atomic E-state index is 0.291. The van der Waals surface area contributed by atoms with E-state index in [9.17, 15) is 4.79 Å². The van der Waals surface area contributed by atoms with E-state index in [4.69, 9.17) is 14.5 Å². The number of carbonyl (C=O) groups is 1. The molecule has 0 N–H and O–H groups in total. The van der Waals surface area contributed by atoms with Crippen LogP contribution in [-0.2, 0) is 17.6 Å². The topological polar surface area (TPSA) is 61.3 Å². The molecule has 5 nitrogen and oxygen atoms in total. The molecule has 1 aliphatic carbocycles. The highest BCUT2D eigenvalue weighted by Crippen LogP contribution is 2.29. The summed E-state index contributed by atoms with van der Waals surface area (Å²) in [5.74, 6) is 1.95. The van der Waals surface area contributed by atoms with Gasteiger partial charge in [0.2, 0.25) is 0 Å². The lowest BCUT2D eigenvalue weighted by atomic mass is 9.84. The fourth-order valence-electron chi connectivity index (χ4n) is 4.10. The molecular weight excluding hydrogens is 376 g/mol. The van der Waals surface area contributed by atoms with Gasteiger partial charge in [-0.25, -0.2) is 14.8 Å². The molecule has 0 fully saturated rings. The number of benzene rings is 1. The van der Waals surface area contributed by atoms with Crippen LogP contribution in [0.15, 0.2) is 30.5 Å². The van der Waals surface area contributed by atoms with Crippen LogP contribution in [0.25, 0.3) is 11.4 Å². The van der Waals surface area contributed by atoms with Crippen molar-refractivity contribution < 1.29 is 14.3 Å². The van der Waals surface area contributed by atoms with Gasteiger partial charge >= 0.3 is 6.16 Å². The van der Waals surface area contributed by atoms with Crippen LogP contribution in [-0.4, -0.2) is 22.7 Å². The normalized spacial score (nSPS) is 15.5. The Morgan fingerprint density at radius 3 is 2.60 bits per heavy atom. The molecule has 0 radical (unpaired) electrons. The zero-order valence-corrected chi connectivity index (χ0v) is 18.4. The zero-order valence-electron chi connectivity index (χ0n) is 18.4. The quantitative estimate of drug-likeness (QED) is 0.253. The van der Waals surface area contributed by atoms with E-state index in [1.807, 2.05) is 18.3 Å². The van der Waals surface area contributed by atoms with E-state index >= 15 is 0 Å². The number of aromatic nitrogens is 2. The maximum absolute atomic E-state index is 11.4. The number of nitrogens with zero attached hydrogens (tertiary/aromatic N) is 2. The molecule has 0 saturated heterocycles. The standard InChI is InChI=1S/C25H34N2O3/c1-3-5-6-7-8-9-10-19-11-16-23-21(17-19)18-26-24(27-23)20-12-14-22(15-13-20)30-25(28)29-4-2/h12-15,18-19H,3-11,16-17H2,1-2H3. The first kappa shape index (κ1) is 22.3. The molecule has 0 aliphatic heterocycles. The van der Waals surface area contributed by atoms with Gasteiger partial charge in [-0.2, -0.15) is 0 Å². The Balaban J connectivity index is 1.52. The molecule has 0 amide bonds. The lowest BCUT2D eigenvalue weighted by Gasteiger charge is -2.24. The molecule has 2 aromatic rings. The molecule has 1 heterocycles. The van der Waals surface area contributed by atoms with Gasteiger partial charge in [-0.15, -0.1) is 0 Å². The Kier molecular flexibility index (Phi) is 8.66. The first-order chi connectivity index (χ1) is 14.7. The van der Waals surface area contributed by atoms with Crippen LogP contribution in [0, 0.1) is 5.92 Å². The second-order valence-electron chi connectivity index (χ2n) is 8.14. The highest BCUT2D eigenvalue weighted by molar-refractivity contribution is 5.65. The second-order valence-corrected chi connectivity index (χ2v) is 8.14. The van der Waals surface area contributed by atoms with Crippen LogP contribution < -0.4 is 4.74 Å². The van der Waals surface area contributed by atoms with E-state index in [0.29, 0.717) is 12.4 Å². The molecule has 1 atom stereocenters. The van der Waals surface area contributed by atoms with E-state index in [-0.39, 0.29) is 0 Å². The van der Waals surface area contributed by atoms with Gasteiger partial charge in [0, 0.05) is 17.5 Å². The molecule has 0 saturated carbocycles. The maximum Gasteiger partial charge on any atom is 0.513 e. The number of hydrogen-bond acceptors (Lipinski definition) is 5. The Morgan fingerprint density at radius 2 is 1.83 bits per heavy atom. The zero-order chi connectivity index (χ0) is 21.2. The molecule has 0 bridgehead atoms. The van der Waals surface area contributed by atoms with Crippen LogP contribution >= 0.6 is 0 Å². The van der Waals surface area contributed by atoms with Gasteiger partial charge < -0.3 is 9.47 Å². The van der Waals surface area contributed by atoms with Gasteiger partial charge in [0.15, 0.2) is 5.82 Å². The largest absolute Gasteiger partial charge is 0.513 e. The van der Waals surface area contributed by atoms with Gasteiger partial charge in [-0.3, -0.25) is 0 Å². The van der Waals surface area contributed by atoms with E-state index in [0.717, 1.165) is 30.1 Å². The molecule has 0 spiro atoms. The first-order valence-corrected chi connectivity index (χ1v) is 11.5. The van der Waals surface area contributed by atoms with Crippen molar-refractivity contribution >= 4 is 6.16 Å². The molecule has 5 heteroatoms. The van der Waals surface area contributed by atoms with Crippen LogP contribution in [0.2, 0.25) is 0 Å². The lowest BCUT2D eigenvalue weighted by molar-refractivity contribution is 0.104. The lowest BCUT2D eigenvalue weighted by Crippen LogP contribution is -2.16. The number of aryl methyl sites for hydroxylation is 1. The Labute approximate surface area is 180 Å².